The maximum atomic E-state index is 13.4. The van der Waals surface area contributed by atoms with Gasteiger partial charge in [-0.15, -0.1) is 5.11 Å². The molecule has 4 aliphatic heterocycles. The smallest absolute Gasteiger partial charge is 0.228 e. The molecule has 0 aromatic heterocycles. The maximum Gasteiger partial charge on any atom is 0.228 e. The van der Waals surface area contributed by atoms with E-state index in [0.717, 1.165) is 61.2 Å². The van der Waals surface area contributed by atoms with Crippen LogP contribution in [-0.2, 0) is 14.3 Å². The highest BCUT2D eigenvalue weighted by molar-refractivity contribution is 6.00. The average molecular weight is 425 g/mol. The molecule has 7 nitrogen and oxygen atoms in total. The molecule has 1 atom stereocenters. The van der Waals surface area contributed by atoms with E-state index >= 15 is 0 Å². The molecule has 31 heavy (non-hydrogen) atoms. The number of Topliss-reactive ketones (excluding diaryl/α,β-unsaturated/α-hetero) is 1. The summed E-state index contributed by atoms with van der Waals surface area (Å²) < 4.78 is 6.48. The molecule has 7 heteroatoms. The fourth-order valence-corrected chi connectivity index (χ4v) is 7.10. The fraction of sp³-hybridized carbons (Fsp3) is 0.750. The summed E-state index contributed by atoms with van der Waals surface area (Å²) in [5.41, 5.74) is 1.95. The minimum absolute atomic E-state index is 0.0640. The Morgan fingerprint density at radius 1 is 1.13 bits per heavy atom. The second-order valence-electron chi connectivity index (χ2n) is 11.8. The zero-order valence-electron chi connectivity index (χ0n) is 18.8. The lowest BCUT2D eigenvalue weighted by atomic mass is 9.61. The van der Waals surface area contributed by atoms with Gasteiger partial charge < -0.3 is 15.0 Å². The summed E-state index contributed by atoms with van der Waals surface area (Å²) >= 11 is 0. The van der Waals surface area contributed by atoms with Crippen LogP contribution in [-0.4, -0.2) is 48.4 Å². The molecule has 0 radical (unpaired) electrons. The standard InChI is InChI=1S/C24H32N4O3/c1-21(2)8-16-18(17(29)9-21)24(15-10-25-27-19(15)26-16)11-23(31-14-24)12-28(13-23)20(30)22(3)6-4-5-7-22/h26H,4-14H2,1-3H3. The summed E-state index contributed by atoms with van der Waals surface area (Å²) in [6.45, 7) is 8.70. The number of carbonyl (C=O) groups is 2. The summed E-state index contributed by atoms with van der Waals surface area (Å²) in [7, 11) is 0. The van der Waals surface area contributed by atoms with Crippen LogP contribution in [0.15, 0.2) is 32.9 Å². The maximum absolute atomic E-state index is 13.4. The van der Waals surface area contributed by atoms with Gasteiger partial charge in [-0.2, -0.15) is 5.11 Å². The van der Waals surface area contributed by atoms with E-state index in [4.69, 9.17) is 4.74 Å². The van der Waals surface area contributed by atoms with Gasteiger partial charge in [-0.25, -0.2) is 0 Å². The predicted molar refractivity (Wildman–Crippen MR) is 114 cm³/mol. The van der Waals surface area contributed by atoms with Gasteiger partial charge in [0.25, 0.3) is 0 Å². The van der Waals surface area contributed by atoms with Crippen molar-refractivity contribution in [2.45, 2.75) is 71.3 Å². The third-order valence-corrected chi connectivity index (χ3v) is 8.60. The molecule has 3 fully saturated rings. The van der Waals surface area contributed by atoms with Crippen molar-refractivity contribution in [3.63, 3.8) is 0 Å². The van der Waals surface area contributed by atoms with Gasteiger partial charge in [0.05, 0.1) is 31.7 Å². The van der Waals surface area contributed by atoms with Gasteiger partial charge in [0.15, 0.2) is 11.6 Å². The molecular formula is C24H32N4O3. The first-order chi connectivity index (χ1) is 14.7. The third kappa shape index (κ3) is 2.68. The summed E-state index contributed by atoms with van der Waals surface area (Å²) in [5.74, 6) is 1.32. The van der Waals surface area contributed by atoms with Crippen molar-refractivity contribution < 1.29 is 14.3 Å². The first-order valence-corrected chi connectivity index (χ1v) is 11.7. The molecule has 6 aliphatic rings. The minimum Gasteiger partial charge on any atom is -0.370 e. The van der Waals surface area contributed by atoms with Crippen LogP contribution < -0.4 is 5.32 Å². The Labute approximate surface area is 183 Å². The molecule has 0 aromatic rings. The number of allylic oxidation sites excluding steroid dienone is 1. The van der Waals surface area contributed by atoms with Gasteiger partial charge in [-0.1, -0.05) is 33.6 Å². The van der Waals surface area contributed by atoms with E-state index in [0.29, 0.717) is 32.7 Å². The van der Waals surface area contributed by atoms with Crippen molar-refractivity contribution in [3.8, 4) is 0 Å². The van der Waals surface area contributed by atoms with E-state index < -0.39 is 5.41 Å². The minimum atomic E-state index is -0.445. The highest BCUT2D eigenvalue weighted by Crippen LogP contribution is 2.59. The number of ketones is 1. The number of amides is 1. The molecule has 2 spiro atoms. The van der Waals surface area contributed by atoms with E-state index in [1.165, 1.54) is 0 Å². The number of hydrogen-bond donors (Lipinski definition) is 1. The predicted octanol–water partition coefficient (Wildman–Crippen LogP) is 3.48. The van der Waals surface area contributed by atoms with Crippen molar-refractivity contribution >= 4 is 11.7 Å². The van der Waals surface area contributed by atoms with Crippen LogP contribution in [0.5, 0.6) is 0 Å². The summed E-state index contributed by atoms with van der Waals surface area (Å²) in [5, 5.41) is 12.1. The molecular weight excluding hydrogens is 392 g/mol. The Balaban J connectivity index is 1.30. The number of rotatable bonds is 1. The number of nitrogens with zero attached hydrogens (tertiary/aromatic N) is 3. The Hall–Kier alpha value is -2.02. The summed E-state index contributed by atoms with van der Waals surface area (Å²) in [6.07, 6.45) is 6.41. The number of azo groups is 1. The van der Waals surface area contributed by atoms with Gasteiger partial charge in [0.1, 0.15) is 5.60 Å². The SMILES string of the molecule is CC1(C)CC(=O)C2=C(C1)NC1=C(CN=N1)C21COC2(CN(C(=O)C3(C)CCCC3)C2)C1. The zero-order chi connectivity index (χ0) is 21.6. The fourth-order valence-electron chi connectivity index (χ4n) is 7.10. The zero-order valence-corrected chi connectivity index (χ0v) is 18.8. The van der Waals surface area contributed by atoms with Crippen molar-refractivity contribution in [3.05, 3.63) is 22.7 Å². The molecule has 2 saturated heterocycles. The number of ether oxygens (including phenoxy) is 1. The highest BCUT2D eigenvalue weighted by atomic mass is 16.5. The van der Waals surface area contributed by atoms with Crippen LogP contribution in [0.3, 0.4) is 0 Å². The number of likely N-dealkylation sites (tertiary alicyclic amines) is 1. The lowest BCUT2D eigenvalue weighted by Gasteiger charge is -2.50. The van der Waals surface area contributed by atoms with Crippen LogP contribution in [0.4, 0.5) is 0 Å². The topological polar surface area (TPSA) is 83.4 Å². The van der Waals surface area contributed by atoms with E-state index in [-0.39, 0.29) is 28.1 Å². The Morgan fingerprint density at radius 3 is 2.61 bits per heavy atom. The molecule has 1 N–H and O–H groups in total. The van der Waals surface area contributed by atoms with Gasteiger partial charge in [-0.3, -0.25) is 9.59 Å². The van der Waals surface area contributed by atoms with Gasteiger partial charge in [0, 0.05) is 28.7 Å². The number of dihydropyridines is 1. The molecule has 166 valence electrons. The Bertz CT molecular complexity index is 979. The molecule has 4 heterocycles. The van der Waals surface area contributed by atoms with E-state index in [1.54, 1.807) is 0 Å². The van der Waals surface area contributed by atoms with Crippen molar-refractivity contribution in [1.29, 1.82) is 0 Å². The third-order valence-electron chi connectivity index (χ3n) is 8.60. The summed E-state index contributed by atoms with van der Waals surface area (Å²) in [6, 6.07) is 0. The number of nitrogens with one attached hydrogen (secondary N) is 1. The number of hydrogen-bond acceptors (Lipinski definition) is 6. The monoisotopic (exact) mass is 424 g/mol. The normalized spacial score (nSPS) is 34.3. The van der Waals surface area contributed by atoms with Gasteiger partial charge >= 0.3 is 0 Å². The second-order valence-corrected chi connectivity index (χ2v) is 11.8. The van der Waals surface area contributed by atoms with Crippen LogP contribution >= 0.6 is 0 Å². The first-order valence-electron chi connectivity index (χ1n) is 11.7. The van der Waals surface area contributed by atoms with Crippen LogP contribution in [0, 0.1) is 16.2 Å². The highest BCUT2D eigenvalue weighted by Gasteiger charge is 2.63. The van der Waals surface area contributed by atoms with Crippen LogP contribution in [0.25, 0.3) is 0 Å². The molecule has 6 rings (SSSR count). The van der Waals surface area contributed by atoms with Crippen LogP contribution in [0.1, 0.15) is 65.7 Å². The van der Waals surface area contributed by atoms with E-state index in [1.807, 2.05) is 4.90 Å². The van der Waals surface area contributed by atoms with Gasteiger partial charge in [-0.05, 0) is 31.1 Å². The van der Waals surface area contributed by atoms with Crippen molar-refractivity contribution in [2.75, 3.05) is 26.2 Å². The lowest BCUT2D eigenvalue weighted by molar-refractivity contribution is -0.166. The molecule has 0 bridgehead atoms. The second kappa shape index (κ2) is 6.06. The molecule has 0 aromatic carbocycles. The van der Waals surface area contributed by atoms with E-state index in [2.05, 4.69) is 36.3 Å². The van der Waals surface area contributed by atoms with Crippen molar-refractivity contribution in [2.24, 2.45) is 26.5 Å². The molecule has 2 aliphatic carbocycles. The Kier molecular flexibility index (Phi) is 3.84. The first kappa shape index (κ1) is 19.6. The Morgan fingerprint density at radius 2 is 1.87 bits per heavy atom. The molecule has 1 unspecified atom stereocenters. The van der Waals surface area contributed by atoms with E-state index in [9.17, 15) is 9.59 Å². The largest absolute Gasteiger partial charge is 0.370 e. The lowest BCUT2D eigenvalue weighted by Crippen LogP contribution is -2.65. The number of fused-ring (bicyclic) bond motifs is 2. The van der Waals surface area contributed by atoms with Crippen LogP contribution in [0.2, 0.25) is 0 Å². The summed E-state index contributed by atoms with van der Waals surface area (Å²) in [4.78, 5) is 28.5. The molecule has 1 saturated carbocycles. The number of carbonyl (C=O) groups excluding carboxylic acids is 2. The van der Waals surface area contributed by atoms with Crippen molar-refractivity contribution in [1.82, 2.24) is 10.2 Å². The van der Waals surface area contributed by atoms with Gasteiger partial charge in [0.2, 0.25) is 5.91 Å². The quantitative estimate of drug-likeness (QED) is 0.699. The average Bonchev–Trinajstić information content (AvgIpc) is 3.38. The molecule has 1 amide bonds.